The average molecular weight is 471 g/mol. The number of nitrogens with one attached hydrogen (secondary N) is 1. The van der Waals surface area contributed by atoms with Gasteiger partial charge in [-0.15, -0.1) is 27.0 Å². The van der Waals surface area contributed by atoms with Crippen LogP contribution in [0.4, 0.5) is 5.13 Å². The second-order valence-corrected chi connectivity index (χ2v) is 8.59. The summed E-state index contributed by atoms with van der Waals surface area (Å²) >= 11 is 14.7. The lowest BCUT2D eigenvalue weighted by Crippen LogP contribution is -2.15. The Hall–Kier alpha value is -2.14. The molecule has 3 rings (SSSR count). The normalized spacial score (nSPS) is 10.7. The number of allylic oxidation sites excluding steroid dienone is 1. The fourth-order valence-corrected chi connectivity index (χ4v) is 3.92. The molecule has 29 heavy (non-hydrogen) atoms. The molecule has 0 spiro atoms. The van der Waals surface area contributed by atoms with Crippen molar-refractivity contribution in [2.24, 2.45) is 0 Å². The van der Waals surface area contributed by atoms with Gasteiger partial charge < -0.3 is 4.74 Å². The number of hydrogen-bond acceptors (Lipinski definition) is 8. The molecule has 12 heteroatoms. The standard InChI is InChI=1S/C17H16Cl2N6O2S2/c1-3-6-25-14(8-27-13-7-11(18)4-5-12(13)19)22-24-17(25)28-9-15(26)20-16-23-21-10(2)29-16/h3-5,7H,1,6,8-9H2,2H3,(H,20,23,26). The molecular weight excluding hydrogens is 455 g/mol. The molecule has 0 aliphatic heterocycles. The number of ether oxygens (including phenoxy) is 1. The first kappa shape index (κ1) is 21.6. The summed E-state index contributed by atoms with van der Waals surface area (Å²) in [7, 11) is 0. The van der Waals surface area contributed by atoms with Gasteiger partial charge in [0.2, 0.25) is 11.0 Å². The van der Waals surface area contributed by atoms with Crippen molar-refractivity contribution in [1.29, 1.82) is 0 Å². The van der Waals surface area contributed by atoms with Gasteiger partial charge in [-0.2, -0.15) is 0 Å². The van der Waals surface area contributed by atoms with Gasteiger partial charge in [0, 0.05) is 17.6 Å². The molecule has 1 N–H and O–H groups in total. The van der Waals surface area contributed by atoms with E-state index in [2.05, 4.69) is 32.3 Å². The van der Waals surface area contributed by atoms with E-state index in [9.17, 15) is 4.79 Å². The quantitative estimate of drug-likeness (QED) is 0.369. The van der Waals surface area contributed by atoms with Gasteiger partial charge in [0.15, 0.2) is 11.0 Å². The van der Waals surface area contributed by atoms with E-state index in [0.717, 1.165) is 5.01 Å². The Morgan fingerprint density at radius 3 is 2.90 bits per heavy atom. The first-order chi connectivity index (χ1) is 14.0. The van der Waals surface area contributed by atoms with Crippen LogP contribution in [-0.4, -0.2) is 36.6 Å². The molecule has 8 nitrogen and oxygen atoms in total. The number of rotatable bonds is 9. The van der Waals surface area contributed by atoms with Crippen molar-refractivity contribution in [1.82, 2.24) is 25.0 Å². The number of benzene rings is 1. The Morgan fingerprint density at radius 2 is 2.17 bits per heavy atom. The van der Waals surface area contributed by atoms with Gasteiger partial charge in [-0.1, -0.05) is 52.4 Å². The van der Waals surface area contributed by atoms with Crippen LogP contribution in [0.2, 0.25) is 10.0 Å². The minimum Gasteiger partial charge on any atom is -0.484 e. The molecule has 1 amide bonds. The highest BCUT2D eigenvalue weighted by Gasteiger charge is 2.15. The van der Waals surface area contributed by atoms with E-state index in [4.69, 9.17) is 27.9 Å². The third kappa shape index (κ3) is 5.92. The van der Waals surface area contributed by atoms with Crippen LogP contribution < -0.4 is 10.1 Å². The van der Waals surface area contributed by atoms with Gasteiger partial charge in [0.1, 0.15) is 17.4 Å². The first-order valence-electron chi connectivity index (χ1n) is 8.30. The van der Waals surface area contributed by atoms with Crippen molar-refractivity contribution in [2.75, 3.05) is 11.1 Å². The molecular formula is C17H16Cl2N6O2S2. The predicted octanol–water partition coefficient (Wildman–Crippen LogP) is 4.24. The molecule has 0 radical (unpaired) electrons. The summed E-state index contributed by atoms with van der Waals surface area (Å²) in [5.41, 5.74) is 0. The van der Waals surface area contributed by atoms with Gasteiger partial charge in [0.25, 0.3) is 0 Å². The molecule has 0 saturated carbocycles. The zero-order chi connectivity index (χ0) is 20.8. The zero-order valence-electron chi connectivity index (χ0n) is 15.3. The number of hydrogen-bond donors (Lipinski definition) is 1. The third-order valence-corrected chi connectivity index (χ3v) is 5.73. The van der Waals surface area contributed by atoms with E-state index < -0.39 is 0 Å². The van der Waals surface area contributed by atoms with Crippen LogP contribution >= 0.6 is 46.3 Å². The van der Waals surface area contributed by atoms with E-state index in [-0.39, 0.29) is 18.3 Å². The summed E-state index contributed by atoms with van der Waals surface area (Å²) in [5.74, 6) is 0.967. The van der Waals surface area contributed by atoms with Crippen molar-refractivity contribution in [3.63, 3.8) is 0 Å². The maximum absolute atomic E-state index is 12.1. The van der Waals surface area contributed by atoms with Crippen LogP contribution in [0.25, 0.3) is 0 Å². The first-order valence-corrected chi connectivity index (χ1v) is 10.9. The van der Waals surface area contributed by atoms with Crippen LogP contribution in [0.5, 0.6) is 5.75 Å². The molecule has 0 atom stereocenters. The minimum absolute atomic E-state index is 0.137. The number of carbonyl (C=O) groups excluding carboxylic acids is 1. The van der Waals surface area contributed by atoms with Crippen LogP contribution in [-0.2, 0) is 17.9 Å². The summed E-state index contributed by atoms with van der Waals surface area (Å²) in [4.78, 5) is 12.1. The molecule has 0 fully saturated rings. The number of halogens is 2. The number of anilines is 1. The lowest BCUT2D eigenvalue weighted by atomic mass is 10.3. The Morgan fingerprint density at radius 1 is 1.34 bits per heavy atom. The van der Waals surface area contributed by atoms with E-state index in [1.165, 1.54) is 23.1 Å². The zero-order valence-corrected chi connectivity index (χ0v) is 18.4. The number of carbonyl (C=O) groups is 1. The molecule has 0 aliphatic rings. The van der Waals surface area contributed by atoms with E-state index in [1.54, 1.807) is 24.3 Å². The summed E-state index contributed by atoms with van der Waals surface area (Å²) in [6.07, 6.45) is 1.72. The Balaban J connectivity index is 1.63. The van der Waals surface area contributed by atoms with Gasteiger partial charge >= 0.3 is 0 Å². The lowest BCUT2D eigenvalue weighted by molar-refractivity contribution is -0.113. The van der Waals surface area contributed by atoms with Crippen molar-refractivity contribution in [3.8, 4) is 5.75 Å². The topological polar surface area (TPSA) is 94.8 Å². The monoisotopic (exact) mass is 470 g/mol. The predicted molar refractivity (Wildman–Crippen MR) is 115 cm³/mol. The van der Waals surface area contributed by atoms with Crippen LogP contribution in [0.15, 0.2) is 36.0 Å². The Bertz CT molecular complexity index is 1020. The minimum atomic E-state index is -0.206. The number of amides is 1. The lowest BCUT2D eigenvalue weighted by Gasteiger charge is -2.10. The maximum Gasteiger partial charge on any atom is 0.236 e. The number of nitrogens with zero attached hydrogens (tertiary/aromatic N) is 5. The fraction of sp³-hybridized carbons (Fsp3) is 0.235. The van der Waals surface area contributed by atoms with Crippen molar-refractivity contribution in [2.45, 2.75) is 25.2 Å². The smallest absolute Gasteiger partial charge is 0.236 e. The SMILES string of the molecule is C=CCn1c(COc2cc(Cl)ccc2Cl)nnc1SCC(=O)Nc1nnc(C)s1. The highest BCUT2D eigenvalue weighted by Crippen LogP contribution is 2.28. The summed E-state index contributed by atoms with van der Waals surface area (Å²) in [6.45, 7) is 6.18. The summed E-state index contributed by atoms with van der Waals surface area (Å²) < 4.78 is 7.55. The van der Waals surface area contributed by atoms with Crippen LogP contribution in [0.3, 0.4) is 0 Å². The number of aryl methyl sites for hydroxylation is 1. The number of thioether (sulfide) groups is 1. The van der Waals surface area contributed by atoms with Gasteiger partial charge in [0.05, 0.1) is 10.8 Å². The highest BCUT2D eigenvalue weighted by atomic mass is 35.5. The maximum atomic E-state index is 12.1. The Labute approximate surface area is 185 Å². The molecule has 1 aromatic carbocycles. The highest BCUT2D eigenvalue weighted by molar-refractivity contribution is 7.99. The van der Waals surface area contributed by atoms with Gasteiger partial charge in [-0.3, -0.25) is 14.7 Å². The number of aromatic nitrogens is 5. The molecule has 2 aromatic heterocycles. The molecule has 0 bridgehead atoms. The van der Waals surface area contributed by atoms with E-state index in [1.807, 2.05) is 11.5 Å². The molecule has 2 heterocycles. The van der Waals surface area contributed by atoms with Crippen molar-refractivity contribution in [3.05, 3.63) is 51.7 Å². The van der Waals surface area contributed by atoms with E-state index >= 15 is 0 Å². The Kier molecular flexibility index (Phi) is 7.48. The molecule has 0 aliphatic carbocycles. The van der Waals surface area contributed by atoms with Crippen LogP contribution in [0, 0.1) is 6.92 Å². The van der Waals surface area contributed by atoms with Crippen LogP contribution in [0.1, 0.15) is 10.8 Å². The van der Waals surface area contributed by atoms with E-state index in [0.29, 0.717) is 38.5 Å². The second-order valence-electron chi connectivity index (χ2n) is 5.62. The summed E-state index contributed by atoms with van der Waals surface area (Å²) in [5, 5.41) is 21.5. The molecule has 0 unspecified atom stereocenters. The molecule has 152 valence electrons. The second kappa shape index (κ2) is 10.1. The third-order valence-electron chi connectivity index (χ3n) is 3.46. The average Bonchev–Trinajstić information content (AvgIpc) is 3.27. The molecule has 3 aromatic rings. The molecule has 0 saturated heterocycles. The summed E-state index contributed by atoms with van der Waals surface area (Å²) in [6, 6.07) is 4.97. The van der Waals surface area contributed by atoms with Gasteiger partial charge in [-0.05, 0) is 19.1 Å². The largest absolute Gasteiger partial charge is 0.484 e. The fourth-order valence-electron chi connectivity index (χ4n) is 2.21. The van der Waals surface area contributed by atoms with Gasteiger partial charge in [-0.25, -0.2) is 0 Å². The van der Waals surface area contributed by atoms with Crippen molar-refractivity contribution < 1.29 is 9.53 Å². The van der Waals surface area contributed by atoms with Crippen molar-refractivity contribution >= 4 is 57.3 Å².